The predicted octanol–water partition coefficient (Wildman–Crippen LogP) is 2.90. The van der Waals surface area contributed by atoms with Crippen LogP contribution in [-0.4, -0.2) is 14.5 Å². The predicted molar refractivity (Wildman–Crippen MR) is 66.8 cm³/mol. The van der Waals surface area contributed by atoms with Gasteiger partial charge in [0, 0.05) is 10.9 Å². The summed E-state index contributed by atoms with van der Waals surface area (Å²) < 4.78 is 27.3. The summed E-state index contributed by atoms with van der Waals surface area (Å²) in [4.78, 5) is 1.18. The highest BCUT2D eigenvalue weighted by molar-refractivity contribution is 9.11. The summed E-state index contributed by atoms with van der Waals surface area (Å²) in [7, 11) is -3.35. The number of thiophene rings is 1. The zero-order chi connectivity index (χ0) is 11.6. The summed E-state index contributed by atoms with van der Waals surface area (Å²) in [5.41, 5.74) is 0. The van der Waals surface area contributed by atoms with E-state index in [1.807, 2.05) is 13.8 Å². The highest BCUT2D eigenvalue weighted by Crippen LogP contribution is 2.29. The van der Waals surface area contributed by atoms with Crippen molar-refractivity contribution >= 4 is 37.3 Å². The highest BCUT2D eigenvalue weighted by atomic mass is 79.9. The monoisotopic (exact) mass is 311 g/mol. The van der Waals surface area contributed by atoms with Gasteiger partial charge in [-0.25, -0.2) is 13.1 Å². The Morgan fingerprint density at radius 1 is 1.60 bits per heavy atom. The van der Waals surface area contributed by atoms with Crippen LogP contribution in [0, 0.1) is 6.92 Å². The average molecular weight is 312 g/mol. The van der Waals surface area contributed by atoms with E-state index >= 15 is 0 Å². The van der Waals surface area contributed by atoms with Crippen molar-refractivity contribution in [3.05, 3.63) is 14.7 Å². The molecule has 15 heavy (non-hydrogen) atoms. The maximum atomic E-state index is 11.9. The van der Waals surface area contributed by atoms with Crippen LogP contribution in [0.1, 0.15) is 25.1 Å². The number of aryl methyl sites for hydroxylation is 1. The molecule has 0 saturated carbocycles. The fraction of sp³-hybridized carbons (Fsp3) is 0.556. The van der Waals surface area contributed by atoms with Gasteiger partial charge in [-0.05, 0) is 42.3 Å². The Bertz CT molecular complexity index is 439. The van der Waals surface area contributed by atoms with Crippen LogP contribution in [0.25, 0.3) is 0 Å². The standard InChI is InChI=1S/C9H14BrNO2S2/c1-4-6(2)11-15(12,13)8-5-9(10)14-7(8)3/h5-6,11H,4H2,1-3H3. The summed E-state index contributed by atoms with van der Waals surface area (Å²) in [5, 5.41) is 0. The molecule has 1 aromatic heterocycles. The molecule has 1 atom stereocenters. The number of hydrogen-bond donors (Lipinski definition) is 1. The van der Waals surface area contributed by atoms with E-state index < -0.39 is 10.0 Å². The molecule has 1 rings (SSSR count). The second kappa shape index (κ2) is 4.95. The topological polar surface area (TPSA) is 46.2 Å². The maximum Gasteiger partial charge on any atom is 0.241 e. The molecule has 3 nitrogen and oxygen atoms in total. The van der Waals surface area contributed by atoms with Crippen molar-refractivity contribution in [1.29, 1.82) is 0 Å². The quantitative estimate of drug-likeness (QED) is 0.929. The van der Waals surface area contributed by atoms with Gasteiger partial charge < -0.3 is 0 Å². The molecule has 1 unspecified atom stereocenters. The van der Waals surface area contributed by atoms with E-state index in [2.05, 4.69) is 20.7 Å². The van der Waals surface area contributed by atoms with Crippen LogP contribution in [0.3, 0.4) is 0 Å². The lowest BCUT2D eigenvalue weighted by Crippen LogP contribution is -2.32. The van der Waals surface area contributed by atoms with E-state index in [1.54, 1.807) is 13.0 Å². The lowest BCUT2D eigenvalue weighted by molar-refractivity contribution is 0.556. The van der Waals surface area contributed by atoms with E-state index in [-0.39, 0.29) is 6.04 Å². The van der Waals surface area contributed by atoms with Gasteiger partial charge in [0.2, 0.25) is 10.0 Å². The first kappa shape index (κ1) is 13.2. The molecular formula is C9H14BrNO2S2. The Morgan fingerprint density at radius 3 is 2.60 bits per heavy atom. The van der Waals surface area contributed by atoms with Crippen molar-refractivity contribution in [3.63, 3.8) is 0 Å². The fourth-order valence-corrected chi connectivity index (χ4v) is 4.85. The molecule has 0 aromatic carbocycles. The Morgan fingerprint density at radius 2 is 2.20 bits per heavy atom. The Kier molecular flexibility index (Phi) is 4.34. The summed E-state index contributed by atoms with van der Waals surface area (Å²) in [6.45, 7) is 5.61. The van der Waals surface area contributed by atoms with Crippen molar-refractivity contribution in [1.82, 2.24) is 4.72 Å². The molecular weight excluding hydrogens is 298 g/mol. The Labute approximate surface area is 103 Å². The minimum absolute atomic E-state index is 0.0342. The third-order valence-corrected chi connectivity index (χ3v) is 5.50. The third-order valence-electron chi connectivity index (χ3n) is 2.10. The van der Waals surface area contributed by atoms with Gasteiger partial charge in [-0.2, -0.15) is 0 Å². The number of rotatable bonds is 4. The first-order valence-electron chi connectivity index (χ1n) is 4.65. The van der Waals surface area contributed by atoms with Crippen molar-refractivity contribution in [3.8, 4) is 0 Å². The van der Waals surface area contributed by atoms with E-state index in [1.165, 1.54) is 11.3 Å². The number of nitrogens with one attached hydrogen (secondary N) is 1. The van der Waals surface area contributed by atoms with Gasteiger partial charge >= 0.3 is 0 Å². The fourth-order valence-electron chi connectivity index (χ4n) is 1.11. The molecule has 1 heterocycles. The smallest absolute Gasteiger partial charge is 0.208 e. The van der Waals surface area contributed by atoms with Gasteiger partial charge in [0.1, 0.15) is 0 Å². The lowest BCUT2D eigenvalue weighted by Gasteiger charge is -2.11. The summed E-state index contributed by atoms with van der Waals surface area (Å²) in [6.07, 6.45) is 0.781. The molecule has 0 radical (unpaired) electrons. The van der Waals surface area contributed by atoms with E-state index in [0.29, 0.717) is 4.90 Å². The second-order valence-corrected chi connectivity index (χ2v) is 7.72. The van der Waals surface area contributed by atoms with Crippen LogP contribution in [0.15, 0.2) is 14.7 Å². The molecule has 0 bridgehead atoms. The van der Waals surface area contributed by atoms with Gasteiger partial charge in [0.25, 0.3) is 0 Å². The molecule has 0 amide bonds. The molecule has 0 aliphatic carbocycles. The van der Waals surface area contributed by atoms with Crippen LogP contribution < -0.4 is 4.72 Å². The number of halogens is 1. The molecule has 0 aliphatic rings. The van der Waals surface area contributed by atoms with Crippen molar-refractivity contribution in [2.24, 2.45) is 0 Å². The zero-order valence-electron chi connectivity index (χ0n) is 8.87. The van der Waals surface area contributed by atoms with Crippen LogP contribution in [-0.2, 0) is 10.0 Å². The van der Waals surface area contributed by atoms with E-state index in [0.717, 1.165) is 15.1 Å². The average Bonchev–Trinajstić information content (AvgIpc) is 2.45. The highest BCUT2D eigenvalue weighted by Gasteiger charge is 2.20. The second-order valence-electron chi connectivity index (χ2n) is 3.40. The molecule has 0 fully saturated rings. The maximum absolute atomic E-state index is 11.9. The first-order chi connectivity index (χ1) is 6.86. The SMILES string of the molecule is CCC(C)NS(=O)(=O)c1cc(Br)sc1C. The van der Waals surface area contributed by atoms with Crippen LogP contribution in [0.4, 0.5) is 0 Å². The van der Waals surface area contributed by atoms with Crippen molar-refractivity contribution < 1.29 is 8.42 Å². The Hall–Kier alpha value is 0.0900. The zero-order valence-corrected chi connectivity index (χ0v) is 12.1. The molecule has 0 saturated heterocycles. The molecule has 6 heteroatoms. The van der Waals surface area contributed by atoms with Crippen LogP contribution in [0.2, 0.25) is 0 Å². The molecule has 0 aliphatic heterocycles. The number of sulfonamides is 1. The van der Waals surface area contributed by atoms with Gasteiger partial charge in [-0.1, -0.05) is 6.92 Å². The van der Waals surface area contributed by atoms with Gasteiger partial charge in [0.15, 0.2) is 0 Å². The lowest BCUT2D eigenvalue weighted by atomic mass is 10.3. The normalized spacial score (nSPS) is 14.1. The first-order valence-corrected chi connectivity index (χ1v) is 7.74. The third kappa shape index (κ3) is 3.27. The van der Waals surface area contributed by atoms with Crippen LogP contribution in [0.5, 0.6) is 0 Å². The Balaban J connectivity index is 3.01. The van der Waals surface area contributed by atoms with Gasteiger partial charge in [0.05, 0.1) is 8.68 Å². The summed E-state index contributed by atoms with van der Waals surface area (Å²) in [6, 6.07) is 1.61. The van der Waals surface area contributed by atoms with Gasteiger partial charge in [-0.3, -0.25) is 0 Å². The summed E-state index contributed by atoms with van der Waals surface area (Å²) >= 11 is 4.71. The minimum atomic E-state index is -3.35. The molecule has 0 spiro atoms. The van der Waals surface area contributed by atoms with E-state index in [9.17, 15) is 8.42 Å². The van der Waals surface area contributed by atoms with Gasteiger partial charge in [-0.15, -0.1) is 11.3 Å². The van der Waals surface area contributed by atoms with Crippen LogP contribution >= 0.6 is 27.3 Å². The van der Waals surface area contributed by atoms with Crippen molar-refractivity contribution in [2.45, 2.75) is 38.1 Å². The largest absolute Gasteiger partial charge is 0.241 e. The number of hydrogen-bond acceptors (Lipinski definition) is 3. The molecule has 1 N–H and O–H groups in total. The van der Waals surface area contributed by atoms with E-state index in [4.69, 9.17) is 0 Å². The molecule has 86 valence electrons. The molecule has 1 aromatic rings. The van der Waals surface area contributed by atoms with Crippen molar-refractivity contribution in [2.75, 3.05) is 0 Å². The summed E-state index contributed by atoms with van der Waals surface area (Å²) in [5.74, 6) is 0. The minimum Gasteiger partial charge on any atom is -0.208 e.